The molecule has 0 saturated heterocycles. The summed E-state index contributed by atoms with van der Waals surface area (Å²) in [4.78, 5) is 11.6. The molecule has 0 aromatic heterocycles. The molecule has 0 aromatic carbocycles. The van der Waals surface area contributed by atoms with Crippen molar-refractivity contribution < 1.29 is 14.3 Å². The van der Waals surface area contributed by atoms with Crippen LogP contribution in [0.15, 0.2) is 35.1 Å². The van der Waals surface area contributed by atoms with Crippen LogP contribution in [-0.2, 0) is 14.3 Å². The predicted molar refractivity (Wildman–Crippen MR) is 80.0 cm³/mol. The number of nitrogens with two attached hydrogens (primary N) is 1. The Labute approximate surface area is 121 Å². The van der Waals surface area contributed by atoms with E-state index in [1.807, 2.05) is 39.8 Å². The lowest BCUT2D eigenvalue weighted by molar-refractivity contribution is -0.158. The molecule has 0 heterocycles. The van der Waals surface area contributed by atoms with Gasteiger partial charge in [0.1, 0.15) is 11.4 Å². The van der Waals surface area contributed by atoms with E-state index in [1.54, 1.807) is 0 Å². The van der Waals surface area contributed by atoms with Crippen LogP contribution in [-0.4, -0.2) is 24.7 Å². The number of allylic oxidation sites excluding steroid dienone is 4. The molecule has 4 heteroatoms. The van der Waals surface area contributed by atoms with Gasteiger partial charge < -0.3 is 15.2 Å². The maximum absolute atomic E-state index is 11.6. The molecular weight excluding hydrogens is 254 g/mol. The number of hydrogen-bond acceptors (Lipinski definition) is 4. The molecule has 1 aliphatic rings. The third-order valence-electron chi connectivity index (χ3n) is 2.73. The number of rotatable bonds is 5. The van der Waals surface area contributed by atoms with E-state index in [2.05, 4.69) is 6.08 Å². The molecule has 0 fully saturated rings. The highest BCUT2D eigenvalue weighted by atomic mass is 16.6. The molecule has 2 N–H and O–H groups in total. The Morgan fingerprint density at radius 3 is 2.70 bits per heavy atom. The van der Waals surface area contributed by atoms with E-state index in [1.165, 1.54) is 5.57 Å². The standard InChI is InChI=1S/C16H25NO3/c1-12-10-14(7-5-6-13(12)8-9-17)19-11-15(18)20-16(2,3)4/h5-6,10H,7-9,11,17H2,1-4H3. The number of esters is 1. The third kappa shape index (κ3) is 6.06. The van der Waals surface area contributed by atoms with E-state index in [0.717, 1.165) is 17.8 Å². The summed E-state index contributed by atoms with van der Waals surface area (Å²) in [6, 6.07) is 0. The summed E-state index contributed by atoms with van der Waals surface area (Å²) in [6.07, 6.45) is 7.59. The zero-order valence-corrected chi connectivity index (χ0v) is 12.9. The Bertz CT molecular complexity index is 439. The summed E-state index contributed by atoms with van der Waals surface area (Å²) < 4.78 is 10.7. The van der Waals surface area contributed by atoms with Gasteiger partial charge in [-0.2, -0.15) is 0 Å². The van der Waals surface area contributed by atoms with E-state index in [-0.39, 0.29) is 12.6 Å². The largest absolute Gasteiger partial charge is 0.486 e. The fraction of sp³-hybridized carbons (Fsp3) is 0.562. The molecule has 0 unspecified atom stereocenters. The van der Waals surface area contributed by atoms with Gasteiger partial charge >= 0.3 is 5.97 Å². The molecule has 4 nitrogen and oxygen atoms in total. The molecule has 0 atom stereocenters. The van der Waals surface area contributed by atoms with Gasteiger partial charge in [-0.25, -0.2) is 4.79 Å². The summed E-state index contributed by atoms with van der Waals surface area (Å²) in [6.45, 7) is 8.10. The van der Waals surface area contributed by atoms with Gasteiger partial charge in [0, 0.05) is 6.42 Å². The minimum absolute atomic E-state index is 0.0591. The minimum Gasteiger partial charge on any atom is -0.486 e. The smallest absolute Gasteiger partial charge is 0.344 e. The fourth-order valence-corrected chi connectivity index (χ4v) is 1.90. The minimum atomic E-state index is -0.484. The Balaban J connectivity index is 2.59. The average molecular weight is 279 g/mol. The van der Waals surface area contributed by atoms with E-state index < -0.39 is 5.60 Å². The van der Waals surface area contributed by atoms with Crippen molar-refractivity contribution >= 4 is 5.97 Å². The van der Waals surface area contributed by atoms with Gasteiger partial charge in [-0.05, 0) is 57.9 Å². The van der Waals surface area contributed by atoms with Crippen molar-refractivity contribution in [2.24, 2.45) is 5.73 Å². The van der Waals surface area contributed by atoms with Gasteiger partial charge in [-0.3, -0.25) is 0 Å². The van der Waals surface area contributed by atoms with E-state index in [0.29, 0.717) is 13.0 Å². The zero-order chi connectivity index (χ0) is 15.2. The summed E-state index contributed by atoms with van der Waals surface area (Å²) in [5.41, 5.74) is 7.44. The first-order chi connectivity index (χ1) is 9.31. The molecular formula is C16H25NO3. The van der Waals surface area contributed by atoms with E-state index >= 15 is 0 Å². The first-order valence-corrected chi connectivity index (χ1v) is 6.93. The SMILES string of the molecule is CC1=C(CCN)C=CCC(OCC(=O)OC(C)(C)C)=C1. The second-order valence-electron chi connectivity index (χ2n) is 5.84. The molecule has 0 spiro atoms. The Kier molecular flexibility index (Phi) is 6.02. The van der Waals surface area contributed by atoms with Gasteiger partial charge in [0.25, 0.3) is 0 Å². The van der Waals surface area contributed by atoms with E-state index in [4.69, 9.17) is 15.2 Å². The highest BCUT2D eigenvalue weighted by Gasteiger charge is 2.17. The van der Waals surface area contributed by atoms with Crippen LogP contribution in [0, 0.1) is 0 Å². The predicted octanol–water partition coefficient (Wildman–Crippen LogP) is 2.85. The molecule has 0 amide bonds. The maximum Gasteiger partial charge on any atom is 0.344 e. The summed E-state index contributed by atoms with van der Waals surface area (Å²) in [5.74, 6) is 0.423. The lowest BCUT2D eigenvalue weighted by Crippen LogP contribution is -2.26. The van der Waals surface area contributed by atoms with Crippen molar-refractivity contribution in [1.82, 2.24) is 0 Å². The van der Waals surface area contributed by atoms with Crippen LogP contribution >= 0.6 is 0 Å². The Hall–Kier alpha value is -1.55. The van der Waals surface area contributed by atoms with Crippen molar-refractivity contribution in [1.29, 1.82) is 0 Å². The zero-order valence-electron chi connectivity index (χ0n) is 12.9. The van der Waals surface area contributed by atoms with Crippen molar-refractivity contribution in [3.63, 3.8) is 0 Å². The molecule has 0 saturated carbocycles. The molecule has 1 rings (SSSR count). The van der Waals surface area contributed by atoms with Crippen molar-refractivity contribution in [3.8, 4) is 0 Å². The normalized spacial score (nSPS) is 15.8. The second-order valence-corrected chi connectivity index (χ2v) is 5.84. The van der Waals surface area contributed by atoms with Crippen LogP contribution in [0.2, 0.25) is 0 Å². The lowest BCUT2D eigenvalue weighted by atomic mass is 10.1. The molecule has 0 aliphatic heterocycles. The Morgan fingerprint density at radius 2 is 2.10 bits per heavy atom. The molecule has 1 aliphatic carbocycles. The number of ether oxygens (including phenoxy) is 2. The average Bonchev–Trinajstić information content (AvgIpc) is 2.48. The molecule has 0 bridgehead atoms. The monoisotopic (exact) mass is 279 g/mol. The third-order valence-corrected chi connectivity index (χ3v) is 2.73. The molecule has 112 valence electrons. The molecule has 0 radical (unpaired) electrons. The van der Waals surface area contributed by atoms with Gasteiger partial charge in [0.2, 0.25) is 0 Å². The maximum atomic E-state index is 11.6. The lowest BCUT2D eigenvalue weighted by Gasteiger charge is -2.19. The summed E-state index contributed by atoms with van der Waals surface area (Å²) in [5, 5.41) is 0. The Morgan fingerprint density at radius 1 is 1.40 bits per heavy atom. The summed E-state index contributed by atoms with van der Waals surface area (Å²) in [7, 11) is 0. The van der Waals surface area contributed by atoms with Crippen LogP contribution in [0.3, 0.4) is 0 Å². The van der Waals surface area contributed by atoms with E-state index in [9.17, 15) is 4.79 Å². The summed E-state index contributed by atoms with van der Waals surface area (Å²) >= 11 is 0. The second kappa shape index (κ2) is 7.29. The number of carbonyl (C=O) groups is 1. The first kappa shape index (κ1) is 16.5. The first-order valence-electron chi connectivity index (χ1n) is 6.93. The highest BCUT2D eigenvalue weighted by Crippen LogP contribution is 2.20. The van der Waals surface area contributed by atoms with Crippen LogP contribution in [0.4, 0.5) is 0 Å². The van der Waals surface area contributed by atoms with Crippen LogP contribution in [0.1, 0.15) is 40.5 Å². The number of hydrogen-bond donors (Lipinski definition) is 1. The van der Waals surface area contributed by atoms with Crippen LogP contribution in [0.5, 0.6) is 0 Å². The topological polar surface area (TPSA) is 61.5 Å². The quantitative estimate of drug-likeness (QED) is 0.786. The van der Waals surface area contributed by atoms with Crippen LogP contribution < -0.4 is 5.73 Å². The highest BCUT2D eigenvalue weighted by molar-refractivity contribution is 5.71. The van der Waals surface area contributed by atoms with Gasteiger partial charge in [-0.1, -0.05) is 12.2 Å². The van der Waals surface area contributed by atoms with Gasteiger partial charge in [0.05, 0.1) is 0 Å². The number of carbonyl (C=O) groups excluding carboxylic acids is 1. The van der Waals surface area contributed by atoms with Gasteiger partial charge in [0.15, 0.2) is 6.61 Å². The molecule has 0 aromatic rings. The van der Waals surface area contributed by atoms with Crippen molar-refractivity contribution in [2.45, 2.75) is 46.1 Å². The fourth-order valence-electron chi connectivity index (χ4n) is 1.90. The van der Waals surface area contributed by atoms with Crippen LogP contribution in [0.25, 0.3) is 0 Å². The molecule has 20 heavy (non-hydrogen) atoms. The van der Waals surface area contributed by atoms with Crippen molar-refractivity contribution in [3.05, 3.63) is 35.1 Å². The van der Waals surface area contributed by atoms with Crippen molar-refractivity contribution in [2.75, 3.05) is 13.2 Å². The van der Waals surface area contributed by atoms with Gasteiger partial charge in [-0.15, -0.1) is 0 Å².